The third kappa shape index (κ3) is 3.25. The van der Waals surface area contributed by atoms with E-state index in [1.54, 1.807) is 24.3 Å². The molecule has 0 aromatic heterocycles. The van der Waals surface area contributed by atoms with Crippen LogP contribution in [0.1, 0.15) is 5.56 Å². The van der Waals surface area contributed by atoms with Crippen molar-refractivity contribution in [3.05, 3.63) is 54.1 Å². The summed E-state index contributed by atoms with van der Waals surface area (Å²) in [7, 11) is 0. The summed E-state index contributed by atoms with van der Waals surface area (Å²) in [5.41, 5.74) is 8.75. The van der Waals surface area contributed by atoms with Gasteiger partial charge in [0.15, 0.2) is 0 Å². The smallest absolute Gasteiger partial charge is 0.124 e. The van der Waals surface area contributed by atoms with Gasteiger partial charge in [0.25, 0.3) is 0 Å². The van der Waals surface area contributed by atoms with E-state index in [1.165, 1.54) is 0 Å². The van der Waals surface area contributed by atoms with Gasteiger partial charge in [-0.2, -0.15) is 10.2 Å². The normalized spacial score (nSPS) is 10.7. The van der Waals surface area contributed by atoms with Crippen molar-refractivity contribution >= 4 is 23.3 Å². The van der Waals surface area contributed by atoms with Crippen molar-refractivity contribution in [3.63, 3.8) is 0 Å². The number of azo groups is 1. The number of carbonyl (C=O) groups is 1. The molecule has 0 aliphatic rings. The van der Waals surface area contributed by atoms with Crippen LogP contribution in [-0.4, -0.2) is 6.29 Å². The highest BCUT2D eigenvalue weighted by molar-refractivity contribution is 5.55. The molecule has 0 heterocycles. The lowest BCUT2D eigenvalue weighted by molar-refractivity contribution is -0.107. The van der Waals surface area contributed by atoms with Crippen LogP contribution >= 0.6 is 0 Å². The highest BCUT2D eigenvalue weighted by Gasteiger charge is 1.93. The van der Waals surface area contributed by atoms with Crippen molar-refractivity contribution in [3.8, 4) is 0 Å². The number of hydrogen-bond acceptors (Lipinski definition) is 4. The summed E-state index contributed by atoms with van der Waals surface area (Å²) in [4.78, 5) is 10.3. The summed E-state index contributed by atoms with van der Waals surface area (Å²) in [5, 5.41) is 8.20. The second kappa shape index (κ2) is 5.72. The first kappa shape index (κ1) is 12.0. The number of benzene rings is 2. The van der Waals surface area contributed by atoms with Gasteiger partial charge in [-0.05, 0) is 42.0 Å². The number of hydrogen-bond donors (Lipinski definition) is 1. The predicted molar refractivity (Wildman–Crippen MR) is 71.2 cm³/mol. The first-order valence-electron chi connectivity index (χ1n) is 5.58. The van der Waals surface area contributed by atoms with Gasteiger partial charge in [0, 0.05) is 12.1 Å². The SMILES string of the molecule is Nc1ccc(N=Nc2ccc(CC=O)cc2)cc1. The first-order valence-corrected chi connectivity index (χ1v) is 5.58. The van der Waals surface area contributed by atoms with Crippen molar-refractivity contribution in [2.75, 3.05) is 5.73 Å². The van der Waals surface area contributed by atoms with Crippen molar-refractivity contribution in [1.82, 2.24) is 0 Å². The summed E-state index contributed by atoms with van der Waals surface area (Å²) >= 11 is 0. The third-order valence-electron chi connectivity index (χ3n) is 2.43. The van der Waals surface area contributed by atoms with E-state index in [4.69, 9.17) is 5.73 Å². The van der Waals surface area contributed by atoms with Crippen molar-refractivity contribution in [2.45, 2.75) is 6.42 Å². The number of rotatable bonds is 4. The van der Waals surface area contributed by atoms with Gasteiger partial charge in [-0.1, -0.05) is 12.1 Å². The van der Waals surface area contributed by atoms with Gasteiger partial charge < -0.3 is 10.5 Å². The molecule has 0 spiro atoms. The van der Waals surface area contributed by atoms with Crippen molar-refractivity contribution < 1.29 is 4.79 Å². The Bertz CT molecular complexity index is 544. The van der Waals surface area contributed by atoms with E-state index in [2.05, 4.69) is 10.2 Å². The Balaban J connectivity index is 2.08. The lowest BCUT2D eigenvalue weighted by atomic mass is 10.1. The molecule has 0 unspecified atom stereocenters. The zero-order valence-corrected chi connectivity index (χ0v) is 9.78. The number of nitrogens with zero attached hydrogens (tertiary/aromatic N) is 2. The van der Waals surface area contributed by atoms with Gasteiger partial charge in [0.2, 0.25) is 0 Å². The molecule has 0 atom stereocenters. The van der Waals surface area contributed by atoms with Crippen LogP contribution in [-0.2, 0) is 11.2 Å². The van der Waals surface area contributed by atoms with Crippen LogP contribution in [0.4, 0.5) is 17.1 Å². The van der Waals surface area contributed by atoms with Crippen molar-refractivity contribution in [1.29, 1.82) is 0 Å². The minimum Gasteiger partial charge on any atom is -0.399 e. The Hall–Kier alpha value is -2.49. The highest BCUT2D eigenvalue weighted by Crippen LogP contribution is 2.19. The van der Waals surface area contributed by atoms with Crippen LogP contribution in [0, 0.1) is 0 Å². The van der Waals surface area contributed by atoms with Gasteiger partial charge in [0.1, 0.15) is 6.29 Å². The molecule has 4 nitrogen and oxygen atoms in total. The molecule has 0 aliphatic heterocycles. The summed E-state index contributed by atoms with van der Waals surface area (Å²) in [6.07, 6.45) is 1.31. The first-order chi connectivity index (χ1) is 8.78. The molecule has 0 aliphatic carbocycles. The summed E-state index contributed by atoms with van der Waals surface area (Å²) < 4.78 is 0. The molecule has 4 heteroatoms. The Morgan fingerprint density at radius 1 is 0.889 bits per heavy atom. The van der Waals surface area contributed by atoms with E-state index in [9.17, 15) is 4.79 Å². The maximum Gasteiger partial charge on any atom is 0.124 e. The Morgan fingerprint density at radius 3 is 1.89 bits per heavy atom. The Kier molecular flexibility index (Phi) is 3.81. The molecule has 2 rings (SSSR count). The topological polar surface area (TPSA) is 67.8 Å². The van der Waals surface area contributed by atoms with E-state index in [1.807, 2.05) is 24.3 Å². The molecule has 2 aromatic carbocycles. The van der Waals surface area contributed by atoms with E-state index >= 15 is 0 Å². The van der Waals surface area contributed by atoms with E-state index < -0.39 is 0 Å². The van der Waals surface area contributed by atoms with Gasteiger partial charge in [-0.3, -0.25) is 0 Å². The Labute approximate surface area is 105 Å². The summed E-state index contributed by atoms with van der Waals surface area (Å²) in [6, 6.07) is 14.6. The van der Waals surface area contributed by atoms with Crippen LogP contribution in [0.2, 0.25) is 0 Å². The van der Waals surface area contributed by atoms with Crippen LogP contribution in [0.15, 0.2) is 58.8 Å². The molecule has 0 saturated heterocycles. The number of anilines is 1. The molecule has 0 amide bonds. The standard InChI is InChI=1S/C14H13N3O/c15-12-3-7-14(8-4-12)17-16-13-5-1-11(2-6-13)9-10-18/h1-8,10H,9,15H2. The monoisotopic (exact) mass is 239 g/mol. The van der Waals surface area contributed by atoms with Gasteiger partial charge >= 0.3 is 0 Å². The van der Waals surface area contributed by atoms with Crippen LogP contribution < -0.4 is 5.73 Å². The van der Waals surface area contributed by atoms with Gasteiger partial charge in [0.05, 0.1) is 11.4 Å². The summed E-state index contributed by atoms with van der Waals surface area (Å²) in [6.45, 7) is 0. The zero-order valence-electron chi connectivity index (χ0n) is 9.78. The Morgan fingerprint density at radius 2 is 1.39 bits per heavy atom. The molecule has 2 N–H and O–H groups in total. The largest absolute Gasteiger partial charge is 0.399 e. The van der Waals surface area contributed by atoms with Crippen LogP contribution in [0.3, 0.4) is 0 Å². The number of carbonyl (C=O) groups excluding carboxylic acids is 1. The third-order valence-corrected chi connectivity index (χ3v) is 2.43. The fraction of sp³-hybridized carbons (Fsp3) is 0.0714. The fourth-order valence-electron chi connectivity index (χ4n) is 1.45. The van der Waals surface area contributed by atoms with Crippen molar-refractivity contribution in [2.24, 2.45) is 10.2 Å². The molecule has 18 heavy (non-hydrogen) atoms. The second-order valence-corrected chi connectivity index (χ2v) is 3.83. The molecule has 0 bridgehead atoms. The van der Waals surface area contributed by atoms with Crippen LogP contribution in [0.5, 0.6) is 0 Å². The van der Waals surface area contributed by atoms with E-state index in [0.717, 1.165) is 23.2 Å². The van der Waals surface area contributed by atoms with Gasteiger partial charge in [-0.15, -0.1) is 0 Å². The minimum atomic E-state index is 0.426. The van der Waals surface area contributed by atoms with Gasteiger partial charge in [-0.25, -0.2) is 0 Å². The van der Waals surface area contributed by atoms with E-state index in [0.29, 0.717) is 12.1 Å². The lowest BCUT2D eigenvalue weighted by Crippen LogP contribution is -1.83. The van der Waals surface area contributed by atoms with E-state index in [-0.39, 0.29) is 0 Å². The van der Waals surface area contributed by atoms with Crippen LogP contribution in [0.25, 0.3) is 0 Å². The number of nitrogen functional groups attached to an aromatic ring is 1. The minimum absolute atomic E-state index is 0.426. The quantitative estimate of drug-likeness (QED) is 0.504. The molecular formula is C14H13N3O. The number of nitrogens with two attached hydrogens (primary N) is 1. The maximum absolute atomic E-state index is 10.3. The summed E-state index contributed by atoms with van der Waals surface area (Å²) in [5.74, 6) is 0. The molecule has 0 radical (unpaired) electrons. The highest BCUT2D eigenvalue weighted by atomic mass is 16.1. The molecule has 0 fully saturated rings. The molecular weight excluding hydrogens is 226 g/mol. The second-order valence-electron chi connectivity index (χ2n) is 3.83. The average Bonchev–Trinajstić information content (AvgIpc) is 2.40. The zero-order chi connectivity index (χ0) is 12.8. The number of aldehydes is 1. The molecule has 0 saturated carbocycles. The lowest BCUT2D eigenvalue weighted by Gasteiger charge is -1.96. The maximum atomic E-state index is 10.3. The predicted octanol–water partition coefficient (Wildman–Crippen LogP) is 3.43. The fourth-order valence-corrected chi connectivity index (χ4v) is 1.45. The molecule has 2 aromatic rings. The average molecular weight is 239 g/mol. The molecule has 90 valence electrons.